The number of hydrogen-bond acceptors (Lipinski definition) is 6. The van der Waals surface area contributed by atoms with E-state index >= 15 is 0 Å². The molecule has 2 amide bonds. The SMILES string of the molecule is CSc1ccc(C(=O)NC2CC[C@@]3(O)[C@H]4Cc5ccc(NC=O)c6c5[C@@]3(CCN4CC3CC3)C2O6)cc1. The lowest BCUT2D eigenvalue weighted by Gasteiger charge is -2.64. The van der Waals surface area contributed by atoms with Crippen molar-refractivity contribution in [2.75, 3.05) is 24.7 Å². The predicted molar refractivity (Wildman–Crippen MR) is 142 cm³/mol. The second-order valence-corrected chi connectivity index (χ2v) is 12.3. The number of carbonyl (C=O) groups is 2. The Morgan fingerprint density at radius 2 is 2.00 bits per heavy atom. The Labute approximate surface area is 221 Å². The Bertz CT molecular complexity index is 1260. The molecule has 5 atom stereocenters. The first kappa shape index (κ1) is 23.6. The van der Waals surface area contributed by atoms with Gasteiger partial charge in [-0.2, -0.15) is 0 Å². The third-order valence-electron chi connectivity index (χ3n) is 9.67. The van der Waals surface area contributed by atoms with E-state index in [2.05, 4.69) is 21.6 Å². The van der Waals surface area contributed by atoms with E-state index in [4.69, 9.17) is 4.74 Å². The van der Waals surface area contributed by atoms with Gasteiger partial charge in [0.05, 0.1) is 22.7 Å². The van der Waals surface area contributed by atoms with Gasteiger partial charge in [-0.3, -0.25) is 14.5 Å². The molecule has 2 unspecified atom stereocenters. The van der Waals surface area contributed by atoms with Gasteiger partial charge < -0.3 is 20.5 Å². The van der Waals surface area contributed by atoms with Crippen molar-refractivity contribution >= 4 is 29.8 Å². The number of rotatable bonds is 7. The van der Waals surface area contributed by atoms with E-state index in [1.165, 1.54) is 18.4 Å². The van der Waals surface area contributed by atoms with E-state index in [0.29, 0.717) is 36.3 Å². The predicted octanol–water partition coefficient (Wildman–Crippen LogP) is 3.34. The monoisotopic (exact) mass is 519 g/mol. The van der Waals surface area contributed by atoms with Crippen molar-refractivity contribution in [3.05, 3.63) is 53.1 Å². The number of aliphatic hydroxyl groups is 1. The van der Waals surface area contributed by atoms with E-state index in [0.717, 1.165) is 42.3 Å². The molecule has 2 aliphatic heterocycles. The summed E-state index contributed by atoms with van der Waals surface area (Å²) in [4.78, 5) is 28.4. The molecule has 7 nitrogen and oxygen atoms in total. The van der Waals surface area contributed by atoms with Gasteiger partial charge >= 0.3 is 0 Å². The van der Waals surface area contributed by atoms with E-state index in [9.17, 15) is 14.7 Å². The van der Waals surface area contributed by atoms with Gasteiger partial charge in [-0.1, -0.05) is 6.07 Å². The van der Waals surface area contributed by atoms with Gasteiger partial charge in [-0.15, -0.1) is 11.8 Å². The number of nitrogens with zero attached hydrogens (tertiary/aromatic N) is 1. The zero-order chi connectivity index (χ0) is 25.4. The summed E-state index contributed by atoms with van der Waals surface area (Å²) in [7, 11) is 0. The molecule has 2 aromatic rings. The Morgan fingerprint density at radius 1 is 1.19 bits per heavy atom. The zero-order valence-corrected chi connectivity index (χ0v) is 21.9. The van der Waals surface area contributed by atoms with Crippen molar-refractivity contribution in [1.82, 2.24) is 10.2 Å². The van der Waals surface area contributed by atoms with Crippen molar-refractivity contribution in [2.45, 2.75) is 72.6 Å². The Morgan fingerprint density at radius 3 is 2.73 bits per heavy atom. The minimum atomic E-state index is -0.940. The van der Waals surface area contributed by atoms with Crippen LogP contribution in [0.2, 0.25) is 0 Å². The van der Waals surface area contributed by atoms with E-state index in [-0.39, 0.29) is 18.0 Å². The third kappa shape index (κ3) is 3.35. The number of amides is 2. The van der Waals surface area contributed by atoms with Crippen LogP contribution in [0.15, 0.2) is 41.3 Å². The molecule has 1 spiro atoms. The number of thioether (sulfide) groups is 1. The molecule has 2 aromatic carbocycles. The second-order valence-electron chi connectivity index (χ2n) is 11.4. The van der Waals surface area contributed by atoms with Gasteiger partial charge in [0, 0.05) is 28.6 Å². The van der Waals surface area contributed by atoms with E-state index in [1.807, 2.05) is 36.6 Å². The first-order valence-electron chi connectivity index (χ1n) is 13.4. The lowest BCUT2D eigenvalue weighted by Crippen LogP contribution is -2.78. The van der Waals surface area contributed by atoms with Gasteiger partial charge in [0.1, 0.15) is 11.9 Å². The summed E-state index contributed by atoms with van der Waals surface area (Å²) >= 11 is 1.65. The highest BCUT2D eigenvalue weighted by Gasteiger charge is 2.73. The fraction of sp³-hybridized carbons (Fsp3) is 0.517. The number of ether oxygens (including phenoxy) is 1. The number of hydrogen-bond donors (Lipinski definition) is 3. The Kier molecular flexibility index (Phi) is 5.40. The average molecular weight is 520 g/mol. The van der Waals surface area contributed by atoms with Crippen molar-refractivity contribution in [2.24, 2.45) is 5.92 Å². The largest absolute Gasteiger partial charge is 0.485 e. The van der Waals surface area contributed by atoms with Crippen molar-refractivity contribution in [3.63, 3.8) is 0 Å². The summed E-state index contributed by atoms with van der Waals surface area (Å²) in [5.41, 5.74) is 1.96. The standard InChI is InChI=1S/C29H33N3O4S/c1-37-20-7-4-18(5-8-20)27(34)31-22-10-11-29(35)23-14-19-6-9-21(30-16-33)25-24(19)28(29,26(22)36-25)12-13-32(23)15-17-2-3-17/h4-9,16-17,22-23,26,35H,2-3,10-15H2,1H3,(H,30,33)(H,31,34)/t22?,23-,26?,28+,29-/m1/s1. The molecule has 2 saturated carbocycles. The highest BCUT2D eigenvalue weighted by atomic mass is 32.2. The topological polar surface area (TPSA) is 90.9 Å². The van der Waals surface area contributed by atoms with Crippen LogP contribution in [0.25, 0.3) is 0 Å². The van der Waals surface area contributed by atoms with Crippen LogP contribution in [0.1, 0.15) is 53.6 Å². The molecule has 194 valence electrons. The van der Waals surface area contributed by atoms with E-state index < -0.39 is 17.1 Å². The maximum absolute atomic E-state index is 13.3. The minimum Gasteiger partial charge on any atom is -0.485 e. The molecule has 1 saturated heterocycles. The summed E-state index contributed by atoms with van der Waals surface area (Å²) < 4.78 is 6.72. The highest BCUT2D eigenvalue weighted by molar-refractivity contribution is 7.98. The number of anilines is 1. The van der Waals surface area contributed by atoms with Crippen LogP contribution in [0, 0.1) is 5.92 Å². The highest BCUT2D eigenvalue weighted by Crippen LogP contribution is 2.65. The van der Waals surface area contributed by atoms with Crippen LogP contribution in [0.5, 0.6) is 5.75 Å². The Hall–Kier alpha value is -2.55. The first-order valence-corrected chi connectivity index (χ1v) is 14.7. The number of piperidine rings is 1. The van der Waals surface area contributed by atoms with Crippen LogP contribution in [0.3, 0.4) is 0 Å². The zero-order valence-electron chi connectivity index (χ0n) is 21.0. The van der Waals surface area contributed by atoms with Crippen LogP contribution in [0.4, 0.5) is 5.69 Å². The average Bonchev–Trinajstić information content (AvgIpc) is 3.65. The number of benzene rings is 2. The quantitative estimate of drug-likeness (QED) is 0.384. The third-order valence-corrected chi connectivity index (χ3v) is 10.4. The van der Waals surface area contributed by atoms with Crippen molar-refractivity contribution < 1.29 is 19.4 Å². The second kappa shape index (κ2) is 8.48. The molecule has 7 rings (SSSR count). The van der Waals surface area contributed by atoms with Gasteiger partial charge in [0.25, 0.3) is 5.91 Å². The fourth-order valence-corrected chi connectivity index (χ4v) is 8.22. The minimum absolute atomic E-state index is 0.0343. The summed E-state index contributed by atoms with van der Waals surface area (Å²) in [5.74, 6) is 1.30. The number of nitrogens with one attached hydrogen (secondary N) is 2. The number of likely N-dealkylation sites (tertiary alicyclic amines) is 1. The molecule has 3 N–H and O–H groups in total. The molecule has 5 aliphatic rings. The molecule has 2 bridgehead atoms. The molecule has 37 heavy (non-hydrogen) atoms. The molecule has 0 radical (unpaired) electrons. The normalized spacial score (nSPS) is 33.3. The molecular formula is C29H33N3O4S. The molecule has 8 heteroatoms. The molecule has 0 aromatic heterocycles. The summed E-state index contributed by atoms with van der Waals surface area (Å²) in [6, 6.07) is 11.5. The van der Waals surface area contributed by atoms with Gasteiger partial charge in [-0.25, -0.2) is 0 Å². The summed E-state index contributed by atoms with van der Waals surface area (Å²) in [6.07, 6.45) is 7.68. The summed E-state index contributed by atoms with van der Waals surface area (Å²) in [6.45, 7) is 1.96. The van der Waals surface area contributed by atoms with Gasteiger partial charge in [0.2, 0.25) is 6.41 Å². The van der Waals surface area contributed by atoms with Crippen LogP contribution >= 0.6 is 11.8 Å². The smallest absolute Gasteiger partial charge is 0.251 e. The van der Waals surface area contributed by atoms with Crippen LogP contribution in [-0.4, -0.2) is 65.5 Å². The fourth-order valence-electron chi connectivity index (χ4n) is 7.81. The maximum Gasteiger partial charge on any atom is 0.251 e. The molecular weight excluding hydrogens is 486 g/mol. The molecule has 3 aliphatic carbocycles. The molecule has 3 fully saturated rings. The lowest BCUT2D eigenvalue weighted by atomic mass is 9.48. The lowest BCUT2D eigenvalue weighted by molar-refractivity contribution is -0.191. The first-order chi connectivity index (χ1) is 18.0. The van der Waals surface area contributed by atoms with Crippen molar-refractivity contribution in [3.8, 4) is 5.75 Å². The van der Waals surface area contributed by atoms with Gasteiger partial charge in [0.15, 0.2) is 0 Å². The molecule has 2 heterocycles. The van der Waals surface area contributed by atoms with Crippen LogP contribution in [-0.2, 0) is 16.6 Å². The van der Waals surface area contributed by atoms with Gasteiger partial charge in [-0.05, 0) is 93.1 Å². The maximum atomic E-state index is 13.3. The van der Waals surface area contributed by atoms with Crippen molar-refractivity contribution in [1.29, 1.82) is 0 Å². The Balaban J connectivity index is 1.28. The van der Waals surface area contributed by atoms with Crippen LogP contribution < -0.4 is 15.4 Å². The summed E-state index contributed by atoms with van der Waals surface area (Å²) in [5, 5.41) is 18.7. The van der Waals surface area contributed by atoms with E-state index in [1.54, 1.807) is 11.8 Å². The number of carbonyl (C=O) groups excluding carboxylic acids is 2.